The highest BCUT2D eigenvalue weighted by Gasteiger charge is 2.35. The highest BCUT2D eigenvalue weighted by molar-refractivity contribution is 6.02. The molecular formula is C21H21N6+. The van der Waals surface area contributed by atoms with Gasteiger partial charge in [0.15, 0.2) is 5.84 Å². The van der Waals surface area contributed by atoms with E-state index >= 15 is 0 Å². The van der Waals surface area contributed by atoms with E-state index in [-0.39, 0.29) is 6.17 Å². The number of fused-ring (bicyclic) bond motifs is 4. The molecular weight excluding hydrogens is 336 g/mol. The van der Waals surface area contributed by atoms with Gasteiger partial charge in [0, 0.05) is 55.2 Å². The summed E-state index contributed by atoms with van der Waals surface area (Å²) < 4.78 is 4.18. The molecule has 0 aliphatic carbocycles. The van der Waals surface area contributed by atoms with Crippen molar-refractivity contribution >= 4 is 27.8 Å². The van der Waals surface area contributed by atoms with Crippen molar-refractivity contribution in [1.29, 1.82) is 0 Å². The minimum Gasteiger partial charge on any atom is -0.331 e. The fraction of sp³-hybridized carbons (Fsp3) is 0.286. The first-order chi connectivity index (χ1) is 13.1. The summed E-state index contributed by atoms with van der Waals surface area (Å²) in [6, 6.07) is 8.20. The number of aryl methyl sites for hydroxylation is 2. The van der Waals surface area contributed by atoms with Crippen LogP contribution in [-0.2, 0) is 13.5 Å². The van der Waals surface area contributed by atoms with E-state index in [1.54, 1.807) is 0 Å². The Morgan fingerprint density at radius 3 is 2.85 bits per heavy atom. The third kappa shape index (κ3) is 2.51. The van der Waals surface area contributed by atoms with Crippen molar-refractivity contribution in [3.05, 3.63) is 59.7 Å². The quantitative estimate of drug-likeness (QED) is 0.662. The zero-order valence-corrected chi connectivity index (χ0v) is 15.7. The molecule has 6 heteroatoms. The summed E-state index contributed by atoms with van der Waals surface area (Å²) in [5, 5.41) is 5.81. The predicted octanol–water partition coefficient (Wildman–Crippen LogP) is 4.12. The second-order valence-electron chi connectivity index (χ2n) is 7.17. The zero-order valence-electron chi connectivity index (χ0n) is 15.7. The minimum absolute atomic E-state index is 0.0282. The second kappa shape index (κ2) is 5.94. The van der Waals surface area contributed by atoms with Gasteiger partial charge in [0.05, 0.1) is 16.6 Å². The van der Waals surface area contributed by atoms with E-state index in [1.165, 1.54) is 5.57 Å². The van der Waals surface area contributed by atoms with E-state index in [4.69, 9.17) is 15.1 Å². The standard InChI is InChI=1S/C21H21N6/c1-13-6-7-14(2)27-21(13)23-18(25-27)10-11-19-24-20-15-5-4-12-22-16(15)8-9-17(20)26(19)3/h4-9,12,21H,10-11H2,1-3H3/q+1. The van der Waals surface area contributed by atoms with Crippen molar-refractivity contribution in [3.8, 4) is 0 Å². The van der Waals surface area contributed by atoms with Crippen molar-refractivity contribution < 1.29 is 4.70 Å². The molecule has 1 unspecified atom stereocenters. The lowest BCUT2D eigenvalue weighted by Gasteiger charge is -2.08. The number of hydrogen-bond donors (Lipinski definition) is 0. The van der Waals surface area contributed by atoms with Gasteiger partial charge in [-0.25, -0.2) is 4.98 Å². The number of allylic oxidation sites excluding steroid dienone is 3. The number of nitrogens with zero attached hydrogens (tertiary/aromatic N) is 6. The van der Waals surface area contributed by atoms with Gasteiger partial charge in [0.25, 0.3) is 0 Å². The molecule has 1 aromatic carbocycles. The number of rotatable bonds is 3. The van der Waals surface area contributed by atoms with Crippen LogP contribution in [0, 0.1) is 0 Å². The van der Waals surface area contributed by atoms with E-state index < -0.39 is 0 Å². The number of hydrogen-bond acceptors (Lipinski definition) is 4. The SMILES string of the molecule is CC1=CC=C(C)[N+]2=NC(CCc3nc4c5cccnc5ccc4n3C)=NC12. The first-order valence-electron chi connectivity index (χ1n) is 9.23. The average Bonchev–Trinajstić information content (AvgIpc) is 3.26. The molecule has 2 aromatic heterocycles. The van der Waals surface area contributed by atoms with E-state index in [1.807, 2.05) is 17.0 Å². The molecule has 0 bridgehead atoms. The summed E-state index contributed by atoms with van der Waals surface area (Å²) in [5.41, 5.74) is 5.47. The Balaban J connectivity index is 1.45. The maximum atomic E-state index is 4.91. The molecule has 6 nitrogen and oxygen atoms in total. The van der Waals surface area contributed by atoms with Crippen LogP contribution in [0.2, 0.25) is 0 Å². The Morgan fingerprint density at radius 1 is 1.11 bits per heavy atom. The molecule has 0 fully saturated rings. The molecule has 0 amide bonds. The van der Waals surface area contributed by atoms with Crippen LogP contribution in [0.1, 0.15) is 26.1 Å². The number of imidazole rings is 1. The van der Waals surface area contributed by atoms with Crippen LogP contribution < -0.4 is 0 Å². The van der Waals surface area contributed by atoms with Gasteiger partial charge in [0.2, 0.25) is 5.70 Å². The Morgan fingerprint density at radius 2 is 2.00 bits per heavy atom. The van der Waals surface area contributed by atoms with Crippen LogP contribution in [-0.4, -0.2) is 31.2 Å². The highest BCUT2D eigenvalue weighted by atomic mass is 15.4. The number of aromatic nitrogens is 3. The van der Waals surface area contributed by atoms with Gasteiger partial charge in [-0.05, 0) is 37.3 Å². The van der Waals surface area contributed by atoms with E-state index in [0.29, 0.717) is 0 Å². The molecule has 4 heterocycles. The van der Waals surface area contributed by atoms with Crippen molar-refractivity contribution in [2.24, 2.45) is 17.2 Å². The normalized spacial score (nSPS) is 19.0. The molecule has 134 valence electrons. The van der Waals surface area contributed by atoms with Crippen molar-refractivity contribution in [3.63, 3.8) is 0 Å². The van der Waals surface area contributed by atoms with Gasteiger partial charge in [-0.2, -0.15) is 4.99 Å². The van der Waals surface area contributed by atoms with Crippen LogP contribution in [0.4, 0.5) is 0 Å². The summed E-state index contributed by atoms with van der Waals surface area (Å²) in [6.45, 7) is 4.18. The number of aliphatic imine (C=N–C) groups is 1. The number of benzene rings is 1. The summed E-state index contributed by atoms with van der Waals surface area (Å²) in [5.74, 6) is 1.93. The van der Waals surface area contributed by atoms with Crippen LogP contribution in [0.5, 0.6) is 0 Å². The lowest BCUT2D eigenvalue weighted by molar-refractivity contribution is -0.562. The maximum absolute atomic E-state index is 4.91. The third-order valence-electron chi connectivity index (χ3n) is 5.38. The molecule has 0 saturated heterocycles. The molecule has 5 rings (SSSR count). The highest BCUT2D eigenvalue weighted by Crippen LogP contribution is 2.26. The summed E-state index contributed by atoms with van der Waals surface area (Å²) in [6.07, 6.45) is 7.66. The van der Waals surface area contributed by atoms with Crippen LogP contribution in [0.3, 0.4) is 0 Å². The first kappa shape index (κ1) is 16.1. The summed E-state index contributed by atoms with van der Waals surface area (Å²) in [4.78, 5) is 14.2. The molecule has 0 saturated carbocycles. The Labute approximate surface area is 157 Å². The lowest BCUT2D eigenvalue weighted by Crippen LogP contribution is -2.22. The molecule has 0 radical (unpaired) electrons. The maximum Gasteiger partial charge on any atom is 0.300 e. The second-order valence-corrected chi connectivity index (χ2v) is 7.17. The first-order valence-corrected chi connectivity index (χ1v) is 9.23. The minimum atomic E-state index is 0.0282. The third-order valence-corrected chi connectivity index (χ3v) is 5.38. The van der Waals surface area contributed by atoms with Crippen molar-refractivity contribution in [2.45, 2.75) is 32.9 Å². The average molecular weight is 357 g/mol. The monoisotopic (exact) mass is 357 g/mol. The molecule has 27 heavy (non-hydrogen) atoms. The smallest absolute Gasteiger partial charge is 0.300 e. The topological polar surface area (TPSA) is 58.4 Å². The molecule has 0 N–H and O–H groups in total. The molecule has 1 atom stereocenters. The van der Waals surface area contributed by atoms with Gasteiger partial charge < -0.3 is 4.57 Å². The van der Waals surface area contributed by atoms with Crippen molar-refractivity contribution in [2.75, 3.05) is 0 Å². The Bertz CT molecular complexity index is 1210. The summed E-state index contributed by atoms with van der Waals surface area (Å²) in [7, 11) is 2.07. The molecule has 0 spiro atoms. The van der Waals surface area contributed by atoms with Crippen LogP contribution >= 0.6 is 0 Å². The van der Waals surface area contributed by atoms with Gasteiger partial charge in [-0.15, -0.1) is 0 Å². The Kier molecular flexibility index (Phi) is 3.53. The van der Waals surface area contributed by atoms with E-state index in [2.05, 4.69) is 60.8 Å². The summed E-state index contributed by atoms with van der Waals surface area (Å²) >= 11 is 0. The Hall–Kier alpha value is -3.15. The van der Waals surface area contributed by atoms with Gasteiger partial charge in [-0.3, -0.25) is 4.98 Å². The van der Waals surface area contributed by atoms with Crippen LogP contribution in [0.15, 0.2) is 64.0 Å². The van der Waals surface area contributed by atoms with Gasteiger partial charge >= 0.3 is 6.17 Å². The largest absolute Gasteiger partial charge is 0.331 e. The van der Waals surface area contributed by atoms with Gasteiger partial charge in [-0.1, -0.05) is 4.70 Å². The fourth-order valence-corrected chi connectivity index (χ4v) is 3.80. The molecule has 2 aliphatic rings. The van der Waals surface area contributed by atoms with Gasteiger partial charge in [0.1, 0.15) is 5.82 Å². The van der Waals surface area contributed by atoms with E-state index in [9.17, 15) is 0 Å². The van der Waals surface area contributed by atoms with Crippen molar-refractivity contribution in [1.82, 2.24) is 14.5 Å². The zero-order chi connectivity index (χ0) is 18.5. The predicted molar refractivity (Wildman–Crippen MR) is 106 cm³/mol. The number of pyridine rings is 1. The van der Waals surface area contributed by atoms with Crippen LogP contribution in [0.25, 0.3) is 21.9 Å². The lowest BCUT2D eigenvalue weighted by atomic mass is 10.1. The fourth-order valence-electron chi connectivity index (χ4n) is 3.80. The molecule has 3 aromatic rings. The molecule has 2 aliphatic heterocycles. The number of azo groups is 2. The number of amidine groups is 1. The van der Waals surface area contributed by atoms with E-state index in [0.717, 1.165) is 52.1 Å².